The Kier molecular flexibility index (Phi) is 6.42. The molecule has 1 aliphatic rings. The Morgan fingerprint density at radius 3 is 2.48 bits per heavy atom. The van der Waals surface area contributed by atoms with E-state index in [4.69, 9.17) is 0 Å². The van der Waals surface area contributed by atoms with Crippen molar-refractivity contribution in [2.75, 3.05) is 27.2 Å². The van der Waals surface area contributed by atoms with Gasteiger partial charge < -0.3 is 25.3 Å². The molecule has 2 amide bonds. The van der Waals surface area contributed by atoms with E-state index in [0.717, 1.165) is 0 Å². The zero-order chi connectivity index (χ0) is 16.2. The van der Waals surface area contributed by atoms with Crippen LogP contribution in [0.2, 0.25) is 0 Å². The fourth-order valence-electron chi connectivity index (χ4n) is 2.66. The minimum absolute atomic E-state index is 0.0940. The minimum Gasteiger partial charge on any atom is -0.480 e. The predicted octanol–water partition coefficient (Wildman–Crippen LogP) is 0.192. The van der Waals surface area contributed by atoms with E-state index in [1.807, 2.05) is 32.8 Å². The van der Waals surface area contributed by atoms with Gasteiger partial charge in [0.2, 0.25) is 0 Å². The molecule has 1 rings (SSSR count). The van der Waals surface area contributed by atoms with Gasteiger partial charge in [0.05, 0.1) is 6.10 Å². The molecule has 1 heterocycles. The lowest BCUT2D eigenvalue weighted by Gasteiger charge is -2.28. The third-order valence-electron chi connectivity index (χ3n) is 3.53. The number of aliphatic carboxylic acids is 1. The first-order valence-electron chi connectivity index (χ1n) is 7.33. The molecule has 0 spiro atoms. The van der Waals surface area contributed by atoms with Crippen molar-refractivity contribution < 1.29 is 19.8 Å². The van der Waals surface area contributed by atoms with Crippen molar-refractivity contribution in [3.63, 3.8) is 0 Å². The number of amides is 2. The Morgan fingerprint density at radius 2 is 2.00 bits per heavy atom. The normalized spacial score (nSPS) is 23.7. The SMILES string of the molecule is CC(C)C[C@H](NC(=O)N1CC(O)CC1CN(C)C)C(=O)O. The van der Waals surface area contributed by atoms with Gasteiger partial charge in [0.1, 0.15) is 6.04 Å². The molecule has 21 heavy (non-hydrogen) atoms. The van der Waals surface area contributed by atoms with Gasteiger partial charge in [-0.2, -0.15) is 0 Å². The van der Waals surface area contributed by atoms with Crippen molar-refractivity contribution in [1.29, 1.82) is 0 Å². The lowest BCUT2D eigenvalue weighted by molar-refractivity contribution is -0.139. The standard InChI is InChI=1S/C14H27N3O4/c1-9(2)5-12(13(19)20)15-14(21)17-8-11(18)6-10(17)7-16(3)4/h9-12,18H,5-8H2,1-4H3,(H,15,21)(H,19,20)/t10?,11?,12-/m0/s1. The van der Waals surface area contributed by atoms with Gasteiger partial charge in [0.15, 0.2) is 0 Å². The fraction of sp³-hybridized carbons (Fsp3) is 0.857. The number of rotatable bonds is 6. The quantitative estimate of drug-likeness (QED) is 0.651. The molecule has 1 saturated heterocycles. The summed E-state index contributed by atoms with van der Waals surface area (Å²) >= 11 is 0. The molecule has 1 fully saturated rings. The van der Waals surface area contributed by atoms with Crippen LogP contribution >= 0.6 is 0 Å². The second-order valence-electron chi connectivity index (χ2n) is 6.43. The molecule has 122 valence electrons. The summed E-state index contributed by atoms with van der Waals surface area (Å²) in [6.07, 6.45) is 0.359. The predicted molar refractivity (Wildman–Crippen MR) is 79.1 cm³/mol. The van der Waals surface area contributed by atoms with Crippen molar-refractivity contribution in [2.24, 2.45) is 5.92 Å². The number of carbonyl (C=O) groups excluding carboxylic acids is 1. The van der Waals surface area contributed by atoms with Crippen molar-refractivity contribution in [3.8, 4) is 0 Å². The van der Waals surface area contributed by atoms with Crippen LogP contribution in [0.4, 0.5) is 4.79 Å². The van der Waals surface area contributed by atoms with Crippen molar-refractivity contribution in [2.45, 2.75) is 44.9 Å². The summed E-state index contributed by atoms with van der Waals surface area (Å²) in [7, 11) is 3.80. The summed E-state index contributed by atoms with van der Waals surface area (Å²) in [5.74, 6) is -0.853. The summed E-state index contributed by atoms with van der Waals surface area (Å²) in [6.45, 7) is 4.72. The van der Waals surface area contributed by atoms with E-state index in [9.17, 15) is 19.8 Å². The smallest absolute Gasteiger partial charge is 0.326 e. The maximum atomic E-state index is 12.3. The molecular formula is C14H27N3O4. The lowest BCUT2D eigenvalue weighted by Crippen LogP contribution is -2.51. The third-order valence-corrected chi connectivity index (χ3v) is 3.53. The van der Waals surface area contributed by atoms with Gasteiger partial charge in [0, 0.05) is 19.1 Å². The first kappa shape index (κ1) is 17.7. The highest BCUT2D eigenvalue weighted by Crippen LogP contribution is 2.19. The number of hydrogen-bond acceptors (Lipinski definition) is 4. The van der Waals surface area contributed by atoms with Crippen LogP contribution in [0, 0.1) is 5.92 Å². The Labute approximate surface area is 125 Å². The fourth-order valence-corrected chi connectivity index (χ4v) is 2.66. The van der Waals surface area contributed by atoms with E-state index >= 15 is 0 Å². The highest BCUT2D eigenvalue weighted by atomic mass is 16.4. The van der Waals surface area contributed by atoms with Gasteiger partial charge in [-0.05, 0) is 32.9 Å². The molecule has 0 aromatic rings. The molecule has 1 aliphatic heterocycles. The first-order chi connectivity index (χ1) is 9.70. The molecular weight excluding hydrogens is 274 g/mol. The zero-order valence-electron chi connectivity index (χ0n) is 13.2. The number of nitrogens with one attached hydrogen (secondary N) is 1. The Hall–Kier alpha value is -1.34. The van der Waals surface area contributed by atoms with E-state index < -0.39 is 24.1 Å². The number of carboxylic acid groups (broad SMARTS) is 1. The average Bonchev–Trinajstić information content (AvgIpc) is 2.67. The largest absolute Gasteiger partial charge is 0.480 e. The first-order valence-corrected chi connectivity index (χ1v) is 7.33. The van der Waals surface area contributed by atoms with Crippen LogP contribution in [0.25, 0.3) is 0 Å². The maximum Gasteiger partial charge on any atom is 0.326 e. The van der Waals surface area contributed by atoms with Gasteiger partial charge in [-0.1, -0.05) is 13.8 Å². The molecule has 7 heteroatoms. The number of hydrogen-bond donors (Lipinski definition) is 3. The average molecular weight is 301 g/mol. The van der Waals surface area contributed by atoms with E-state index in [0.29, 0.717) is 19.4 Å². The summed E-state index contributed by atoms with van der Waals surface area (Å²) in [5, 5.41) is 21.5. The van der Waals surface area contributed by atoms with Gasteiger partial charge in [0.25, 0.3) is 0 Å². The van der Waals surface area contributed by atoms with Crippen LogP contribution in [-0.2, 0) is 4.79 Å². The van der Waals surface area contributed by atoms with Gasteiger partial charge >= 0.3 is 12.0 Å². The highest BCUT2D eigenvalue weighted by molar-refractivity contribution is 5.83. The van der Waals surface area contributed by atoms with E-state index in [1.165, 1.54) is 0 Å². The number of likely N-dealkylation sites (N-methyl/N-ethyl adjacent to an activating group) is 1. The molecule has 0 aromatic carbocycles. The van der Waals surface area contributed by atoms with Crippen LogP contribution < -0.4 is 5.32 Å². The molecule has 7 nitrogen and oxygen atoms in total. The Bertz CT molecular complexity index is 373. The van der Waals surface area contributed by atoms with Crippen molar-refractivity contribution >= 4 is 12.0 Å². The molecule has 3 atom stereocenters. The molecule has 2 unspecified atom stereocenters. The van der Waals surface area contributed by atoms with Gasteiger partial charge in [-0.25, -0.2) is 9.59 Å². The van der Waals surface area contributed by atoms with Crippen LogP contribution in [0.15, 0.2) is 0 Å². The van der Waals surface area contributed by atoms with Crippen LogP contribution in [0.3, 0.4) is 0 Å². The number of carboxylic acids is 1. The number of likely N-dealkylation sites (tertiary alicyclic amines) is 1. The number of aliphatic hydroxyl groups excluding tert-OH is 1. The monoisotopic (exact) mass is 301 g/mol. The molecule has 0 saturated carbocycles. The van der Waals surface area contributed by atoms with E-state index in [1.54, 1.807) is 4.90 Å². The van der Waals surface area contributed by atoms with Gasteiger partial charge in [-0.3, -0.25) is 0 Å². The van der Waals surface area contributed by atoms with E-state index in [2.05, 4.69) is 5.32 Å². The summed E-state index contributed by atoms with van der Waals surface area (Å²) in [5.41, 5.74) is 0. The summed E-state index contributed by atoms with van der Waals surface area (Å²) < 4.78 is 0. The third kappa shape index (κ3) is 5.51. The maximum absolute atomic E-state index is 12.3. The van der Waals surface area contributed by atoms with Crippen LogP contribution in [-0.4, -0.2) is 77.4 Å². The Balaban J connectivity index is 2.68. The molecule has 0 bridgehead atoms. The number of aliphatic hydroxyl groups is 1. The van der Waals surface area contributed by atoms with Crippen molar-refractivity contribution in [3.05, 3.63) is 0 Å². The number of carbonyl (C=O) groups is 2. The zero-order valence-corrected chi connectivity index (χ0v) is 13.2. The van der Waals surface area contributed by atoms with Crippen LogP contribution in [0.5, 0.6) is 0 Å². The minimum atomic E-state index is -1.03. The van der Waals surface area contributed by atoms with Crippen molar-refractivity contribution in [1.82, 2.24) is 15.1 Å². The molecule has 0 radical (unpaired) electrons. The number of nitrogens with zero attached hydrogens (tertiary/aromatic N) is 2. The second kappa shape index (κ2) is 7.61. The topological polar surface area (TPSA) is 93.1 Å². The van der Waals surface area contributed by atoms with Crippen LogP contribution in [0.1, 0.15) is 26.7 Å². The summed E-state index contributed by atoms with van der Waals surface area (Å²) in [6, 6.07) is -1.40. The molecule has 0 aliphatic carbocycles. The number of β-amino-alcohol motifs (C(OH)–C–C–N with tert-alkyl or cyclic N) is 1. The lowest BCUT2D eigenvalue weighted by atomic mass is 10.0. The summed E-state index contributed by atoms with van der Waals surface area (Å²) in [4.78, 5) is 27.0. The number of urea groups is 1. The molecule has 3 N–H and O–H groups in total. The van der Waals surface area contributed by atoms with Gasteiger partial charge in [-0.15, -0.1) is 0 Å². The van der Waals surface area contributed by atoms with E-state index in [-0.39, 0.29) is 18.5 Å². The Morgan fingerprint density at radius 1 is 1.38 bits per heavy atom. The highest BCUT2D eigenvalue weighted by Gasteiger charge is 2.36. The molecule has 0 aromatic heterocycles. The second-order valence-corrected chi connectivity index (χ2v) is 6.43.